The number of carbonyl (C=O) groups is 1. The average Bonchev–Trinajstić information content (AvgIpc) is 3.01. The Labute approximate surface area is 139 Å². The summed E-state index contributed by atoms with van der Waals surface area (Å²) in [5.74, 6) is 0.246. The minimum atomic E-state index is -0.325. The molecule has 6 nitrogen and oxygen atoms in total. The molecule has 0 unspecified atom stereocenters. The van der Waals surface area contributed by atoms with E-state index in [9.17, 15) is 9.18 Å². The molecule has 0 aliphatic carbocycles. The quantitative estimate of drug-likeness (QED) is 0.931. The highest BCUT2D eigenvalue weighted by Crippen LogP contribution is 2.28. The molecule has 1 aliphatic heterocycles. The summed E-state index contributed by atoms with van der Waals surface area (Å²) in [4.78, 5) is 16.5. The number of aromatic nitrogens is 2. The van der Waals surface area contributed by atoms with Crippen molar-refractivity contribution in [2.24, 2.45) is 5.92 Å². The average molecular weight is 333 g/mol. The van der Waals surface area contributed by atoms with E-state index in [2.05, 4.69) is 15.5 Å². The molecule has 1 atom stereocenters. The molecule has 1 fully saturated rings. The van der Waals surface area contributed by atoms with Crippen LogP contribution in [0.15, 0.2) is 28.8 Å². The number of nitrogens with zero attached hydrogens (tertiary/aromatic N) is 2. The van der Waals surface area contributed by atoms with Crippen molar-refractivity contribution in [3.05, 3.63) is 36.0 Å². The minimum absolute atomic E-state index is 0.0343. The number of hydrogen-bond donors (Lipinski definition) is 1. The van der Waals surface area contributed by atoms with Gasteiger partial charge >= 0.3 is 0 Å². The van der Waals surface area contributed by atoms with Gasteiger partial charge in [0.2, 0.25) is 17.6 Å². The number of halogens is 1. The second-order valence-electron chi connectivity index (χ2n) is 6.53. The van der Waals surface area contributed by atoms with Crippen molar-refractivity contribution in [3.63, 3.8) is 0 Å². The summed E-state index contributed by atoms with van der Waals surface area (Å²) in [5, 5.41) is 6.68. The Bertz CT molecular complexity index is 712. The number of nitrogens with one attached hydrogen (secondary N) is 1. The molecule has 2 heterocycles. The lowest BCUT2D eigenvalue weighted by Gasteiger charge is -2.34. The smallest absolute Gasteiger partial charge is 0.246 e. The van der Waals surface area contributed by atoms with Gasteiger partial charge in [0.05, 0.1) is 12.1 Å². The van der Waals surface area contributed by atoms with Crippen LogP contribution in [0.3, 0.4) is 0 Å². The van der Waals surface area contributed by atoms with Gasteiger partial charge in [0, 0.05) is 18.1 Å². The van der Waals surface area contributed by atoms with Gasteiger partial charge in [-0.2, -0.15) is 4.98 Å². The molecule has 1 aliphatic rings. The van der Waals surface area contributed by atoms with Gasteiger partial charge in [-0.3, -0.25) is 4.79 Å². The molecule has 1 saturated heterocycles. The molecule has 1 aromatic carbocycles. The Morgan fingerprint density at radius 3 is 2.83 bits per heavy atom. The van der Waals surface area contributed by atoms with Crippen molar-refractivity contribution in [1.29, 1.82) is 0 Å². The molecular formula is C17H20FN3O3. The summed E-state index contributed by atoms with van der Waals surface area (Å²) in [6.07, 6.45) is 1.39. The Morgan fingerprint density at radius 1 is 1.38 bits per heavy atom. The third-order valence-electron chi connectivity index (χ3n) is 4.05. The highest BCUT2D eigenvalue weighted by Gasteiger charge is 2.32. The molecular weight excluding hydrogens is 313 g/mol. The topological polar surface area (TPSA) is 77.3 Å². The van der Waals surface area contributed by atoms with Crippen molar-refractivity contribution < 1.29 is 18.4 Å². The molecule has 0 spiro atoms. The Morgan fingerprint density at radius 2 is 2.12 bits per heavy atom. The molecule has 0 saturated carbocycles. The second-order valence-corrected chi connectivity index (χ2v) is 6.53. The van der Waals surface area contributed by atoms with E-state index in [0.29, 0.717) is 36.7 Å². The van der Waals surface area contributed by atoms with E-state index in [1.807, 2.05) is 13.8 Å². The van der Waals surface area contributed by atoms with Gasteiger partial charge in [0.15, 0.2) is 0 Å². The van der Waals surface area contributed by atoms with Gasteiger partial charge in [0.25, 0.3) is 0 Å². The molecule has 1 aromatic heterocycles. The fourth-order valence-corrected chi connectivity index (χ4v) is 2.81. The lowest BCUT2D eigenvalue weighted by molar-refractivity contribution is -0.135. The maximum atomic E-state index is 12.9. The zero-order valence-electron chi connectivity index (χ0n) is 13.7. The molecule has 7 heteroatoms. The number of benzene rings is 1. The van der Waals surface area contributed by atoms with Crippen LogP contribution in [0.25, 0.3) is 11.4 Å². The van der Waals surface area contributed by atoms with E-state index in [0.717, 1.165) is 0 Å². The summed E-state index contributed by atoms with van der Waals surface area (Å²) in [6, 6.07) is 5.82. The molecule has 1 amide bonds. The Kier molecular flexibility index (Phi) is 4.62. The predicted molar refractivity (Wildman–Crippen MR) is 84.3 cm³/mol. The van der Waals surface area contributed by atoms with Crippen molar-refractivity contribution >= 4 is 5.91 Å². The van der Waals surface area contributed by atoms with Gasteiger partial charge in [-0.05, 0) is 51.0 Å². The molecule has 0 bridgehead atoms. The third kappa shape index (κ3) is 3.97. The first kappa shape index (κ1) is 16.6. The maximum absolute atomic E-state index is 12.9. The Hall–Kier alpha value is -2.28. The van der Waals surface area contributed by atoms with Crippen molar-refractivity contribution in [1.82, 2.24) is 15.5 Å². The number of carbonyl (C=O) groups excluding carboxylic acids is 1. The van der Waals surface area contributed by atoms with Crippen LogP contribution in [-0.4, -0.2) is 28.3 Å². The zero-order valence-corrected chi connectivity index (χ0v) is 13.7. The van der Waals surface area contributed by atoms with Crippen molar-refractivity contribution in [2.75, 3.05) is 6.61 Å². The summed E-state index contributed by atoms with van der Waals surface area (Å²) in [6.45, 7) is 4.73. The van der Waals surface area contributed by atoms with Crippen LogP contribution in [-0.2, 0) is 16.1 Å². The minimum Gasteiger partial charge on any atom is -0.376 e. The van der Waals surface area contributed by atoms with Crippen LogP contribution < -0.4 is 5.32 Å². The second kappa shape index (κ2) is 6.68. The van der Waals surface area contributed by atoms with Crippen LogP contribution in [0, 0.1) is 11.7 Å². The number of rotatable bonds is 4. The number of amides is 1. The summed E-state index contributed by atoms with van der Waals surface area (Å²) in [7, 11) is 0. The van der Waals surface area contributed by atoms with Crippen LogP contribution >= 0.6 is 0 Å². The van der Waals surface area contributed by atoms with E-state index in [-0.39, 0.29) is 29.8 Å². The van der Waals surface area contributed by atoms with Gasteiger partial charge in [-0.1, -0.05) is 5.16 Å². The van der Waals surface area contributed by atoms with Gasteiger partial charge in [0.1, 0.15) is 5.82 Å². The van der Waals surface area contributed by atoms with Gasteiger partial charge in [-0.15, -0.1) is 0 Å². The van der Waals surface area contributed by atoms with Crippen LogP contribution in [0.4, 0.5) is 4.39 Å². The summed E-state index contributed by atoms with van der Waals surface area (Å²) in [5.41, 5.74) is 0.379. The van der Waals surface area contributed by atoms with E-state index in [4.69, 9.17) is 9.26 Å². The lowest BCUT2D eigenvalue weighted by Crippen LogP contribution is -2.41. The standard InChI is InChI=1S/C17H20FN3O3/c1-17(2)9-12(7-8-23-17)16(22)19-10-14-20-15(21-24-14)11-3-5-13(18)6-4-11/h3-6,12H,7-10H2,1-2H3,(H,19,22)/t12-/m1/s1. The molecule has 2 aromatic rings. The van der Waals surface area contributed by atoms with Gasteiger partial charge < -0.3 is 14.6 Å². The third-order valence-corrected chi connectivity index (χ3v) is 4.05. The monoisotopic (exact) mass is 333 g/mol. The molecule has 24 heavy (non-hydrogen) atoms. The Balaban J connectivity index is 1.57. The van der Waals surface area contributed by atoms with Crippen LogP contribution in [0.2, 0.25) is 0 Å². The lowest BCUT2D eigenvalue weighted by atomic mass is 9.88. The van der Waals surface area contributed by atoms with E-state index in [1.165, 1.54) is 12.1 Å². The number of hydrogen-bond acceptors (Lipinski definition) is 5. The summed E-state index contributed by atoms with van der Waals surface area (Å²) >= 11 is 0. The van der Waals surface area contributed by atoms with E-state index >= 15 is 0 Å². The maximum Gasteiger partial charge on any atom is 0.246 e. The first-order chi connectivity index (χ1) is 11.4. The summed E-state index contributed by atoms with van der Waals surface area (Å²) < 4.78 is 23.7. The highest BCUT2D eigenvalue weighted by atomic mass is 19.1. The molecule has 1 N–H and O–H groups in total. The van der Waals surface area contributed by atoms with Crippen molar-refractivity contribution in [3.8, 4) is 11.4 Å². The normalized spacial score (nSPS) is 19.9. The van der Waals surface area contributed by atoms with Gasteiger partial charge in [-0.25, -0.2) is 4.39 Å². The van der Waals surface area contributed by atoms with Crippen LogP contribution in [0.1, 0.15) is 32.6 Å². The van der Waals surface area contributed by atoms with E-state index < -0.39 is 0 Å². The molecule has 3 rings (SSSR count). The van der Waals surface area contributed by atoms with Crippen molar-refractivity contribution in [2.45, 2.75) is 38.8 Å². The first-order valence-corrected chi connectivity index (χ1v) is 7.93. The van der Waals surface area contributed by atoms with E-state index in [1.54, 1.807) is 12.1 Å². The SMILES string of the molecule is CC1(C)C[C@H](C(=O)NCc2nc(-c3ccc(F)cc3)no2)CCO1. The highest BCUT2D eigenvalue weighted by molar-refractivity contribution is 5.78. The molecule has 128 valence electrons. The zero-order chi connectivity index (χ0) is 17.2. The fourth-order valence-electron chi connectivity index (χ4n) is 2.81. The first-order valence-electron chi connectivity index (χ1n) is 7.93. The van der Waals surface area contributed by atoms with Crippen LogP contribution in [0.5, 0.6) is 0 Å². The fraction of sp³-hybridized carbons (Fsp3) is 0.471. The number of ether oxygens (including phenoxy) is 1. The largest absolute Gasteiger partial charge is 0.376 e. The molecule has 0 radical (unpaired) electrons. The predicted octanol–water partition coefficient (Wildman–Crippen LogP) is 2.70.